The van der Waals surface area contributed by atoms with Gasteiger partial charge in [0.05, 0.1) is 17.2 Å². The van der Waals surface area contributed by atoms with E-state index in [-0.39, 0.29) is 0 Å². The zero-order valence-corrected chi connectivity index (χ0v) is 10.8. The molecular formula is C12H12ClN3S. The summed E-state index contributed by atoms with van der Waals surface area (Å²) in [4.78, 5) is 11.3. The molecule has 2 aromatic rings. The third-order valence-corrected chi connectivity index (χ3v) is 4.00. The van der Waals surface area contributed by atoms with Gasteiger partial charge < -0.3 is 4.90 Å². The average Bonchev–Trinajstić information content (AvgIpc) is 2.39. The Morgan fingerprint density at radius 2 is 2.00 bits per heavy atom. The summed E-state index contributed by atoms with van der Waals surface area (Å²) >= 11 is 7.92. The minimum atomic E-state index is 0.703. The summed E-state index contributed by atoms with van der Waals surface area (Å²) in [6, 6.07) is 5.63. The van der Waals surface area contributed by atoms with E-state index in [0.29, 0.717) is 5.02 Å². The molecule has 1 aromatic carbocycles. The molecule has 0 atom stereocenters. The van der Waals surface area contributed by atoms with Crippen LogP contribution in [0.25, 0.3) is 11.0 Å². The Hall–Kier alpha value is -1.00. The molecule has 0 bridgehead atoms. The van der Waals surface area contributed by atoms with Gasteiger partial charge in [0, 0.05) is 29.6 Å². The summed E-state index contributed by atoms with van der Waals surface area (Å²) in [6.07, 6.45) is 1.84. The first-order chi connectivity index (χ1) is 8.33. The van der Waals surface area contributed by atoms with Gasteiger partial charge in [-0.05, 0) is 18.2 Å². The second-order valence-electron chi connectivity index (χ2n) is 3.96. The van der Waals surface area contributed by atoms with E-state index >= 15 is 0 Å². The molecule has 0 N–H and O–H groups in total. The van der Waals surface area contributed by atoms with Gasteiger partial charge in [-0.15, -0.1) is 0 Å². The van der Waals surface area contributed by atoms with E-state index in [4.69, 9.17) is 11.6 Å². The Labute approximate surface area is 109 Å². The quantitative estimate of drug-likeness (QED) is 0.793. The summed E-state index contributed by atoms with van der Waals surface area (Å²) < 4.78 is 0. The standard InChI is InChI=1S/C12H12ClN3S/c13-9-1-2-10-11(7-9)14-8-12(15-10)16-3-5-17-6-4-16/h1-2,7-8H,3-6H2. The summed E-state index contributed by atoms with van der Waals surface area (Å²) in [7, 11) is 0. The predicted molar refractivity (Wildman–Crippen MR) is 74.1 cm³/mol. The molecule has 1 aromatic heterocycles. The number of hydrogen-bond acceptors (Lipinski definition) is 4. The third-order valence-electron chi connectivity index (χ3n) is 2.83. The number of anilines is 1. The van der Waals surface area contributed by atoms with Crippen LogP contribution in [0.5, 0.6) is 0 Å². The van der Waals surface area contributed by atoms with Crippen LogP contribution in [-0.2, 0) is 0 Å². The van der Waals surface area contributed by atoms with Crippen LogP contribution >= 0.6 is 23.4 Å². The van der Waals surface area contributed by atoms with Crippen LogP contribution in [-0.4, -0.2) is 34.6 Å². The summed E-state index contributed by atoms with van der Waals surface area (Å²) in [5, 5.41) is 0.703. The normalized spacial score (nSPS) is 16.4. The van der Waals surface area contributed by atoms with Crippen molar-refractivity contribution in [3.63, 3.8) is 0 Å². The van der Waals surface area contributed by atoms with Crippen LogP contribution in [0.4, 0.5) is 5.82 Å². The van der Waals surface area contributed by atoms with Crippen molar-refractivity contribution < 1.29 is 0 Å². The molecule has 1 fully saturated rings. The van der Waals surface area contributed by atoms with Gasteiger partial charge in [-0.2, -0.15) is 11.8 Å². The second kappa shape index (κ2) is 4.70. The SMILES string of the molecule is Clc1ccc2nc(N3CCSCC3)cnc2c1. The number of rotatable bonds is 1. The fraction of sp³-hybridized carbons (Fsp3) is 0.333. The van der Waals surface area contributed by atoms with Crippen LogP contribution in [0.1, 0.15) is 0 Å². The first-order valence-corrected chi connectivity index (χ1v) is 7.11. The van der Waals surface area contributed by atoms with Crippen molar-refractivity contribution in [3.05, 3.63) is 29.4 Å². The van der Waals surface area contributed by atoms with Gasteiger partial charge in [0.15, 0.2) is 0 Å². The number of benzene rings is 1. The summed E-state index contributed by atoms with van der Waals surface area (Å²) in [5.74, 6) is 3.31. The smallest absolute Gasteiger partial charge is 0.147 e. The van der Waals surface area contributed by atoms with Crippen molar-refractivity contribution >= 4 is 40.2 Å². The Kier molecular flexibility index (Phi) is 3.07. The first-order valence-electron chi connectivity index (χ1n) is 5.58. The maximum absolute atomic E-state index is 5.93. The zero-order valence-electron chi connectivity index (χ0n) is 9.27. The minimum Gasteiger partial charge on any atom is -0.354 e. The molecule has 3 rings (SSSR count). The number of nitrogens with zero attached hydrogens (tertiary/aromatic N) is 3. The molecule has 0 radical (unpaired) electrons. The Balaban J connectivity index is 1.98. The van der Waals surface area contributed by atoms with Crippen LogP contribution in [0.2, 0.25) is 5.02 Å². The summed E-state index contributed by atoms with van der Waals surface area (Å²) in [6.45, 7) is 2.11. The first kappa shape index (κ1) is 11.1. The minimum absolute atomic E-state index is 0.703. The second-order valence-corrected chi connectivity index (χ2v) is 5.62. The topological polar surface area (TPSA) is 29.0 Å². The van der Waals surface area contributed by atoms with Crippen molar-refractivity contribution in [2.75, 3.05) is 29.5 Å². The van der Waals surface area contributed by atoms with Crippen molar-refractivity contribution in [3.8, 4) is 0 Å². The highest BCUT2D eigenvalue weighted by atomic mass is 35.5. The molecule has 0 amide bonds. The average molecular weight is 266 g/mol. The van der Waals surface area contributed by atoms with E-state index in [0.717, 1.165) is 29.9 Å². The molecule has 88 valence electrons. The van der Waals surface area contributed by atoms with E-state index in [2.05, 4.69) is 14.9 Å². The molecule has 1 aliphatic rings. The predicted octanol–water partition coefficient (Wildman–Crippen LogP) is 2.84. The maximum Gasteiger partial charge on any atom is 0.147 e. The third kappa shape index (κ3) is 2.33. The molecule has 0 saturated carbocycles. The Morgan fingerprint density at radius 1 is 1.18 bits per heavy atom. The lowest BCUT2D eigenvalue weighted by molar-refractivity contribution is 0.839. The van der Waals surface area contributed by atoms with Gasteiger partial charge in [-0.1, -0.05) is 11.6 Å². The van der Waals surface area contributed by atoms with Crippen molar-refractivity contribution in [2.24, 2.45) is 0 Å². The molecule has 3 nitrogen and oxygen atoms in total. The monoisotopic (exact) mass is 265 g/mol. The Bertz CT molecular complexity index is 540. The molecule has 1 aliphatic heterocycles. The summed E-state index contributed by atoms with van der Waals surface area (Å²) in [5.41, 5.74) is 1.76. The van der Waals surface area contributed by atoms with Crippen LogP contribution in [0.3, 0.4) is 0 Å². The number of fused-ring (bicyclic) bond motifs is 1. The van der Waals surface area contributed by atoms with E-state index < -0.39 is 0 Å². The lowest BCUT2D eigenvalue weighted by atomic mass is 10.3. The van der Waals surface area contributed by atoms with E-state index in [9.17, 15) is 0 Å². The van der Waals surface area contributed by atoms with Gasteiger partial charge in [0.25, 0.3) is 0 Å². The van der Waals surface area contributed by atoms with Crippen LogP contribution in [0, 0.1) is 0 Å². The largest absolute Gasteiger partial charge is 0.354 e. The number of hydrogen-bond donors (Lipinski definition) is 0. The van der Waals surface area contributed by atoms with Gasteiger partial charge in [-0.25, -0.2) is 4.98 Å². The van der Waals surface area contributed by atoms with Gasteiger partial charge in [-0.3, -0.25) is 4.98 Å². The lowest BCUT2D eigenvalue weighted by Crippen LogP contribution is -2.33. The molecule has 0 spiro atoms. The van der Waals surface area contributed by atoms with Gasteiger partial charge >= 0.3 is 0 Å². The molecule has 0 aliphatic carbocycles. The highest BCUT2D eigenvalue weighted by Gasteiger charge is 2.13. The molecular weight excluding hydrogens is 254 g/mol. The number of halogens is 1. The number of aromatic nitrogens is 2. The molecule has 5 heteroatoms. The molecule has 1 saturated heterocycles. The van der Waals surface area contributed by atoms with E-state index in [1.54, 1.807) is 0 Å². The van der Waals surface area contributed by atoms with Crippen molar-refractivity contribution in [1.82, 2.24) is 9.97 Å². The van der Waals surface area contributed by atoms with Crippen LogP contribution < -0.4 is 4.90 Å². The molecule has 2 heterocycles. The maximum atomic E-state index is 5.93. The highest BCUT2D eigenvalue weighted by Crippen LogP contribution is 2.21. The zero-order chi connectivity index (χ0) is 11.7. The Morgan fingerprint density at radius 3 is 2.82 bits per heavy atom. The molecule has 0 unspecified atom stereocenters. The van der Waals surface area contributed by atoms with E-state index in [1.807, 2.05) is 36.2 Å². The van der Waals surface area contributed by atoms with Gasteiger partial charge in [0.1, 0.15) is 5.82 Å². The lowest BCUT2D eigenvalue weighted by Gasteiger charge is -2.27. The van der Waals surface area contributed by atoms with Crippen molar-refractivity contribution in [2.45, 2.75) is 0 Å². The number of thioether (sulfide) groups is 1. The van der Waals surface area contributed by atoms with E-state index in [1.165, 1.54) is 11.5 Å². The van der Waals surface area contributed by atoms with Crippen LogP contribution in [0.15, 0.2) is 24.4 Å². The highest BCUT2D eigenvalue weighted by molar-refractivity contribution is 7.99. The molecule has 17 heavy (non-hydrogen) atoms. The fourth-order valence-electron chi connectivity index (χ4n) is 1.92. The fourth-order valence-corrected chi connectivity index (χ4v) is 2.99. The van der Waals surface area contributed by atoms with Crippen molar-refractivity contribution in [1.29, 1.82) is 0 Å². The van der Waals surface area contributed by atoms with Gasteiger partial charge in [0.2, 0.25) is 0 Å².